The average molecular weight is 172 g/mol. The molecule has 0 aromatic heterocycles. The summed E-state index contributed by atoms with van der Waals surface area (Å²) in [6.07, 6.45) is 9.44. The molecule has 0 unspecified atom stereocenters. The van der Waals surface area contributed by atoms with Crippen LogP contribution in [0.25, 0.3) is 0 Å². The molecule has 0 rings (SSSR count). The third-order valence-corrected chi connectivity index (χ3v) is 2.28. The Labute approximate surface area is 77.2 Å². The monoisotopic (exact) mass is 172 g/mol. The number of aliphatic hydroxyl groups is 1. The molecule has 0 amide bonds. The molecular weight excluding hydrogens is 148 g/mol. The molecule has 0 aliphatic rings. The maximum absolute atomic E-state index is 9.50. The highest BCUT2D eigenvalue weighted by atomic mass is 16.3. The topological polar surface area (TPSA) is 20.2 Å². The standard InChI is InChI=1S/C11H24O/c1-3-5-7-9-11(12)10-8-6-4-2/h11-12H,3-10H2,1-2H3. The van der Waals surface area contributed by atoms with Crippen molar-refractivity contribution in [3.63, 3.8) is 0 Å². The number of hydrogen-bond acceptors (Lipinski definition) is 1. The van der Waals surface area contributed by atoms with Crippen molar-refractivity contribution in [3.05, 3.63) is 0 Å². The molecule has 0 aromatic carbocycles. The lowest BCUT2D eigenvalue weighted by Gasteiger charge is -2.08. The summed E-state index contributed by atoms with van der Waals surface area (Å²) in [4.78, 5) is 0. The van der Waals surface area contributed by atoms with E-state index in [2.05, 4.69) is 13.8 Å². The number of hydrogen-bond donors (Lipinski definition) is 1. The number of unbranched alkanes of at least 4 members (excludes halogenated alkanes) is 4. The summed E-state index contributed by atoms with van der Waals surface area (Å²) in [5.41, 5.74) is 0. The predicted octanol–water partition coefficient (Wildman–Crippen LogP) is 3.51. The van der Waals surface area contributed by atoms with Crippen molar-refractivity contribution in [3.8, 4) is 0 Å². The summed E-state index contributed by atoms with van der Waals surface area (Å²) in [7, 11) is 0. The fraction of sp³-hybridized carbons (Fsp3) is 1.00. The smallest absolute Gasteiger partial charge is 0.0540 e. The first kappa shape index (κ1) is 12.0. The van der Waals surface area contributed by atoms with E-state index in [9.17, 15) is 5.11 Å². The SMILES string of the molecule is CCCCCC(O)CCCCC. The average Bonchev–Trinajstić information content (AvgIpc) is 2.06. The fourth-order valence-corrected chi connectivity index (χ4v) is 1.40. The lowest BCUT2D eigenvalue weighted by Crippen LogP contribution is -2.05. The highest BCUT2D eigenvalue weighted by Crippen LogP contribution is 2.10. The molecule has 0 saturated carbocycles. The van der Waals surface area contributed by atoms with Gasteiger partial charge in [0.25, 0.3) is 0 Å². The van der Waals surface area contributed by atoms with E-state index >= 15 is 0 Å². The third kappa shape index (κ3) is 8.06. The van der Waals surface area contributed by atoms with E-state index < -0.39 is 0 Å². The van der Waals surface area contributed by atoms with E-state index in [-0.39, 0.29) is 6.10 Å². The Bertz CT molecular complexity index is 71.1. The molecular formula is C11H24O. The lowest BCUT2D eigenvalue weighted by atomic mass is 10.0. The molecule has 0 saturated heterocycles. The van der Waals surface area contributed by atoms with Crippen molar-refractivity contribution in [2.45, 2.75) is 71.3 Å². The maximum Gasteiger partial charge on any atom is 0.0540 e. The van der Waals surface area contributed by atoms with Gasteiger partial charge in [-0.2, -0.15) is 0 Å². The van der Waals surface area contributed by atoms with Crippen LogP contribution in [-0.2, 0) is 0 Å². The molecule has 0 bridgehead atoms. The van der Waals surface area contributed by atoms with Crippen molar-refractivity contribution in [1.82, 2.24) is 0 Å². The van der Waals surface area contributed by atoms with Gasteiger partial charge in [0.2, 0.25) is 0 Å². The minimum absolute atomic E-state index is 0.0249. The van der Waals surface area contributed by atoms with Gasteiger partial charge in [-0.25, -0.2) is 0 Å². The molecule has 12 heavy (non-hydrogen) atoms. The first-order chi connectivity index (χ1) is 5.81. The summed E-state index contributed by atoms with van der Waals surface area (Å²) in [6.45, 7) is 4.40. The molecule has 1 N–H and O–H groups in total. The van der Waals surface area contributed by atoms with Gasteiger partial charge < -0.3 is 5.11 Å². The summed E-state index contributed by atoms with van der Waals surface area (Å²) in [6, 6.07) is 0. The van der Waals surface area contributed by atoms with Crippen molar-refractivity contribution in [2.24, 2.45) is 0 Å². The molecule has 1 heteroatoms. The molecule has 0 aliphatic carbocycles. The highest BCUT2D eigenvalue weighted by molar-refractivity contribution is 4.55. The van der Waals surface area contributed by atoms with Crippen molar-refractivity contribution in [1.29, 1.82) is 0 Å². The van der Waals surface area contributed by atoms with Crippen LogP contribution in [0.15, 0.2) is 0 Å². The Morgan fingerprint density at radius 2 is 1.25 bits per heavy atom. The van der Waals surface area contributed by atoms with Gasteiger partial charge in [0.05, 0.1) is 6.10 Å². The van der Waals surface area contributed by atoms with Crippen LogP contribution in [0.1, 0.15) is 65.2 Å². The molecule has 0 fully saturated rings. The zero-order valence-electron chi connectivity index (χ0n) is 8.68. The zero-order chi connectivity index (χ0) is 9.23. The Hall–Kier alpha value is -0.0400. The van der Waals surface area contributed by atoms with Gasteiger partial charge in [-0.3, -0.25) is 0 Å². The Kier molecular flexibility index (Phi) is 9.02. The third-order valence-electron chi connectivity index (χ3n) is 2.28. The van der Waals surface area contributed by atoms with Gasteiger partial charge in [0.15, 0.2) is 0 Å². The van der Waals surface area contributed by atoms with Crippen LogP contribution in [0.5, 0.6) is 0 Å². The van der Waals surface area contributed by atoms with Crippen LogP contribution in [0.4, 0.5) is 0 Å². The van der Waals surface area contributed by atoms with Crippen LogP contribution in [0.3, 0.4) is 0 Å². The second kappa shape index (κ2) is 9.05. The Morgan fingerprint density at radius 3 is 1.58 bits per heavy atom. The van der Waals surface area contributed by atoms with Gasteiger partial charge in [-0.15, -0.1) is 0 Å². The summed E-state index contributed by atoms with van der Waals surface area (Å²) < 4.78 is 0. The van der Waals surface area contributed by atoms with Gasteiger partial charge in [0, 0.05) is 0 Å². The van der Waals surface area contributed by atoms with Crippen molar-refractivity contribution >= 4 is 0 Å². The predicted molar refractivity (Wildman–Crippen MR) is 54.3 cm³/mol. The van der Waals surface area contributed by atoms with Gasteiger partial charge in [-0.05, 0) is 12.8 Å². The van der Waals surface area contributed by atoms with Crippen molar-refractivity contribution in [2.75, 3.05) is 0 Å². The molecule has 0 spiro atoms. The van der Waals surface area contributed by atoms with Gasteiger partial charge in [0.1, 0.15) is 0 Å². The summed E-state index contributed by atoms with van der Waals surface area (Å²) in [5.74, 6) is 0. The Balaban J connectivity index is 3.04. The molecule has 1 nitrogen and oxygen atoms in total. The Morgan fingerprint density at radius 1 is 0.833 bits per heavy atom. The van der Waals surface area contributed by atoms with Crippen LogP contribution < -0.4 is 0 Å². The maximum atomic E-state index is 9.50. The lowest BCUT2D eigenvalue weighted by molar-refractivity contribution is 0.147. The quantitative estimate of drug-likeness (QED) is 0.555. The molecule has 0 aliphatic heterocycles. The molecule has 0 heterocycles. The first-order valence-electron chi connectivity index (χ1n) is 5.49. The second-order valence-corrected chi connectivity index (χ2v) is 3.65. The van der Waals surface area contributed by atoms with Crippen LogP contribution in [0, 0.1) is 0 Å². The largest absolute Gasteiger partial charge is 0.393 e. The van der Waals surface area contributed by atoms with Crippen LogP contribution in [-0.4, -0.2) is 11.2 Å². The minimum atomic E-state index is -0.0249. The van der Waals surface area contributed by atoms with Crippen molar-refractivity contribution < 1.29 is 5.11 Å². The van der Waals surface area contributed by atoms with Crippen LogP contribution in [0.2, 0.25) is 0 Å². The molecule has 0 atom stereocenters. The number of aliphatic hydroxyl groups excluding tert-OH is 1. The van der Waals surface area contributed by atoms with E-state index in [0.29, 0.717) is 0 Å². The van der Waals surface area contributed by atoms with E-state index in [0.717, 1.165) is 12.8 Å². The van der Waals surface area contributed by atoms with E-state index in [1.165, 1.54) is 38.5 Å². The highest BCUT2D eigenvalue weighted by Gasteiger charge is 2.01. The normalized spacial score (nSPS) is 11.0. The molecule has 0 aromatic rings. The second-order valence-electron chi connectivity index (χ2n) is 3.65. The van der Waals surface area contributed by atoms with E-state index in [1.54, 1.807) is 0 Å². The van der Waals surface area contributed by atoms with E-state index in [1.807, 2.05) is 0 Å². The van der Waals surface area contributed by atoms with Gasteiger partial charge >= 0.3 is 0 Å². The van der Waals surface area contributed by atoms with E-state index in [4.69, 9.17) is 0 Å². The molecule has 74 valence electrons. The minimum Gasteiger partial charge on any atom is -0.393 e. The fourth-order valence-electron chi connectivity index (χ4n) is 1.40. The summed E-state index contributed by atoms with van der Waals surface area (Å²) in [5, 5.41) is 9.50. The number of rotatable bonds is 8. The molecule has 0 radical (unpaired) electrons. The summed E-state index contributed by atoms with van der Waals surface area (Å²) >= 11 is 0. The van der Waals surface area contributed by atoms with Gasteiger partial charge in [-0.1, -0.05) is 52.4 Å². The first-order valence-corrected chi connectivity index (χ1v) is 5.49. The van der Waals surface area contributed by atoms with Crippen LogP contribution >= 0.6 is 0 Å². The zero-order valence-corrected chi connectivity index (χ0v) is 8.68.